The van der Waals surface area contributed by atoms with Crippen LogP contribution in [0.15, 0.2) is 83.8 Å². The van der Waals surface area contributed by atoms with Crippen LogP contribution in [0.25, 0.3) is 0 Å². The first-order valence-electron chi connectivity index (χ1n) is 9.39. The zero-order valence-corrected chi connectivity index (χ0v) is 17.5. The molecule has 0 saturated carbocycles. The maximum atomic E-state index is 12.5. The van der Waals surface area contributed by atoms with Crippen LogP contribution in [0.4, 0.5) is 16.2 Å². The third-order valence-corrected chi connectivity index (χ3v) is 5.42. The normalized spacial score (nSPS) is 11.9. The van der Waals surface area contributed by atoms with E-state index in [-0.39, 0.29) is 22.9 Å². The van der Waals surface area contributed by atoms with Crippen LogP contribution in [0, 0.1) is 0 Å². The van der Waals surface area contributed by atoms with E-state index < -0.39 is 10.0 Å². The van der Waals surface area contributed by atoms with Crippen LogP contribution in [-0.4, -0.2) is 20.4 Å². The van der Waals surface area contributed by atoms with Gasteiger partial charge in [-0.05, 0) is 61.0 Å². The van der Waals surface area contributed by atoms with Gasteiger partial charge < -0.3 is 16.0 Å². The van der Waals surface area contributed by atoms with Gasteiger partial charge in [-0.3, -0.25) is 4.79 Å². The molecule has 0 saturated heterocycles. The number of hydrogen-bond donors (Lipinski definition) is 4. The van der Waals surface area contributed by atoms with Crippen molar-refractivity contribution in [2.75, 3.05) is 10.6 Å². The third-order valence-electron chi connectivity index (χ3n) is 4.49. The summed E-state index contributed by atoms with van der Waals surface area (Å²) in [5.41, 5.74) is 2.36. The van der Waals surface area contributed by atoms with Gasteiger partial charge in [0.25, 0.3) is 5.91 Å². The molecule has 0 radical (unpaired) electrons. The topological polar surface area (TPSA) is 130 Å². The van der Waals surface area contributed by atoms with Crippen molar-refractivity contribution in [3.05, 3.63) is 90.0 Å². The zero-order valence-electron chi connectivity index (χ0n) is 16.7. The highest BCUT2D eigenvalue weighted by atomic mass is 32.2. The molecule has 160 valence electrons. The van der Waals surface area contributed by atoms with Crippen LogP contribution < -0.4 is 21.1 Å². The molecule has 0 bridgehead atoms. The minimum atomic E-state index is -3.76. The number of carbonyl (C=O) groups excluding carboxylic acids is 2. The summed E-state index contributed by atoms with van der Waals surface area (Å²) in [5.74, 6) is -0.302. The van der Waals surface area contributed by atoms with Crippen LogP contribution in [0.2, 0.25) is 0 Å². The standard InChI is InChI=1S/C22H22N4O4S/c1-15(16-9-13-20(14-10-16)31(23,29)30)24-21(27)17-7-11-19(12-8-17)26-22(28)25-18-5-3-2-4-6-18/h2-15H,1H3,(H,24,27)(H2,23,29,30)(H2,25,26,28). The number of para-hydroxylation sites is 1. The predicted molar refractivity (Wildman–Crippen MR) is 119 cm³/mol. The summed E-state index contributed by atoms with van der Waals surface area (Å²) in [7, 11) is -3.76. The maximum Gasteiger partial charge on any atom is 0.323 e. The number of rotatable bonds is 6. The number of nitrogens with two attached hydrogens (primary N) is 1. The molecule has 1 atom stereocenters. The van der Waals surface area contributed by atoms with Crippen molar-refractivity contribution in [2.24, 2.45) is 5.14 Å². The molecule has 0 aliphatic carbocycles. The van der Waals surface area contributed by atoms with Gasteiger partial charge in [0.15, 0.2) is 0 Å². The summed E-state index contributed by atoms with van der Waals surface area (Å²) in [4.78, 5) is 24.6. The van der Waals surface area contributed by atoms with Gasteiger partial charge in [-0.1, -0.05) is 30.3 Å². The molecule has 5 N–H and O–H groups in total. The second kappa shape index (κ2) is 9.41. The molecule has 1 unspecified atom stereocenters. The first-order valence-corrected chi connectivity index (χ1v) is 10.9. The molecule has 0 spiro atoms. The SMILES string of the molecule is CC(NC(=O)c1ccc(NC(=O)Nc2ccccc2)cc1)c1ccc(S(N)(=O)=O)cc1. The van der Waals surface area contributed by atoms with Crippen molar-refractivity contribution in [2.45, 2.75) is 17.9 Å². The summed E-state index contributed by atoms with van der Waals surface area (Å²) in [6.07, 6.45) is 0. The number of anilines is 2. The molecule has 9 heteroatoms. The lowest BCUT2D eigenvalue weighted by atomic mass is 10.1. The molecular formula is C22H22N4O4S. The molecule has 3 amide bonds. The third kappa shape index (κ3) is 6.14. The fourth-order valence-corrected chi connectivity index (χ4v) is 3.34. The van der Waals surface area contributed by atoms with E-state index in [0.29, 0.717) is 16.9 Å². The van der Waals surface area contributed by atoms with Gasteiger partial charge in [0.2, 0.25) is 10.0 Å². The molecule has 3 rings (SSSR count). The van der Waals surface area contributed by atoms with E-state index in [2.05, 4.69) is 16.0 Å². The first kappa shape index (κ1) is 22.0. The minimum absolute atomic E-state index is 0.00849. The van der Waals surface area contributed by atoms with Crippen molar-refractivity contribution in [1.29, 1.82) is 0 Å². The Bertz CT molecular complexity index is 1160. The molecule has 3 aromatic carbocycles. The Hall–Kier alpha value is -3.69. The number of carbonyl (C=O) groups is 2. The molecule has 0 fully saturated rings. The van der Waals surface area contributed by atoms with E-state index in [1.807, 2.05) is 18.2 Å². The van der Waals surface area contributed by atoms with E-state index in [0.717, 1.165) is 5.56 Å². The van der Waals surface area contributed by atoms with Crippen molar-refractivity contribution < 1.29 is 18.0 Å². The Kier molecular flexibility index (Phi) is 6.68. The Labute approximate surface area is 180 Å². The number of urea groups is 1. The fourth-order valence-electron chi connectivity index (χ4n) is 2.83. The Balaban J connectivity index is 1.57. The zero-order chi connectivity index (χ0) is 22.4. The molecule has 0 heterocycles. The Morgan fingerprint density at radius 1 is 0.806 bits per heavy atom. The number of primary sulfonamides is 1. The van der Waals surface area contributed by atoms with E-state index in [4.69, 9.17) is 5.14 Å². The summed E-state index contributed by atoms with van der Waals surface area (Å²) in [5, 5.41) is 13.3. The lowest BCUT2D eigenvalue weighted by molar-refractivity contribution is 0.0940. The van der Waals surface area contributed by atoms with Crippen molar-refractivity contribution in [3.8, 4) is 0 Å². The molecule has 31 heavy (non-hydrogen) atoms. The Morgan fingerprint density at radius 3 is 1.90 bits per heavy atom. The summed E-state index contributed by atoms with van der Waals surface area (Å²) in [6, 6.07) is 20.8. The van der Waals surface area contributed by atoms with Crippen molar-refractivity contribution in [1.82, 2.24) is 5.32 Å². The largest absolute Gasteiger partial charge is 0.346 e. The van der Waals surface area contributed by atoms with Gasteiger partial charge in [0.05, 0.1) is 10.9 Å². The number of nitrogens with one attached hydrogen (secondary N) is 3. The Morgan fingerprint density at radius 2 is 1.35 bits per heavy atom. The number of amides is 3. The van der Waals surface area contributed by atoms with E-state index >= 15 is 0 Å². The van der Waals surface area contributed by atoms with Crippen molar-refractivity contribution in [3.63, 3.8) is 0 Å². The summed E-state index contributed by atoms with van der Waals surface area (Å²) >= 11 is 0. The number of sulfonamides is 1. The average molecular weight is 439 g/mol. The molecule has 0 aromatic heterocycles. The maximum absolute atomic E-state index is 12.5. The van der Waals surface area contributed by atoms with E-state index in [1.165, 1.54) is 12.1 Å². The average Bonchev–Trinajstić information content (AvgIpc) is 2.74. The van der Waals surface area contributed by atoms with Gasteiger partial charge in [0, 0.05) is 16.9 Å². The smallest absolute Gasteiger partial charge is 0.323 e. The van der Waals surface area contributed by atoms with Crippen LogP contribution in [0.3, 0.4) is 0 Å². The second-order valence-electron chi connectivity index (χ2n) is 6.83. The lowest BCUT2D eigenvalue weighted by Crippen LogP contribution is -2.26. The fraction of sp³-hybridized carbons (Fsp3) is 0.0909. The molecule has 3 aromatic rings. The minimum Gasteiger partial charge on any atom is -0.346 e. The van der Waals surface area contributed by atoms with E-state index in [9.17, 15) is 18.0 Å². The highest BCUT2D eigenvalue weighted by molar-refractivity contribution is 7.89. The van der Waals surface area contributed by atoms with E-state index in [1.54, 1.807) is 55.5 Å². The molecule has 8 nitrogen and oxygen atoms in total. The highest BCUT2D eigenvalue weighted by Gasteiger charge is 2.13. The summed E-state index contributed by atoms with van der Waals surface area (Å²) < 4.78 is 22.7. The van der Waals surface area contributed by atoms with Crippen LogP contribution in [0.5, 0.6) is 0 Å². The van der Waals surface area contributed by atoms with Gasteiger partial charge in [0.1, 0.15) is 0 Å². The van der Waals surface area contributed by atoms with Gasteiger partial charge in [-0.2, -0.15) is 0 Å². The number of benzene rings is 3. The lowest BCUT2D eigenvalue weighted by Gasteiger charge is -2.15. The van der Waals surface area contributed by atoms with Gasteiger partial charge in [-0.15, -0.1) is 0 Å². The predicted octanol–water partition coefficient (Wildman–Crippen LogP) is 3.47. The quantitative estimate of drug-likeness (QED) is 0.469. The van der Waals surface area contributed by atoms with Crippen LogP contribution in [0.1, 0.15) is 28.9 Å². The van der Waals surface area contributed by atoms with Crippen LogP contribution in [-0.2, 0) is 10.0 Å². The molecule has 0 aliphatic heterocycles. The molecule has 0 aliphatic rings. The molecular weight excluding hydrogens is 416 g/mol. The van der Waals surface area contributed by atoms with Crippen molar-refractivity contribution >= 4 is 33.3 Å². The first-order chi connectivity index (χ1) is 14.7. The van der Waals surface area contributed by atoms with Gasteiger partial charge in [-0.25, -0.2) is 18.4 Å². The highest BCUT2D eigenvalue weighted by Crippen LogP contribution is 2.17. The van der Waals surface area contributed by atoms with Gasteiger partial charge >= 0.3 is 6.03 Å². The number of hydrogen-bond acceptors (Lipinski definition) is 4. The second-order valence-corrected chi connectivity index (χ2v) is 8.39. The van der Waals surface area contributed by atoms with Crippen LogP contribution >= 0.6 is 0 Å². The summed E-state index contributed by atoms with van der Waals surface area (Å²) in [6.45, 7) is 1.79. The monoisotopic (exact) mass is 438 g/mol.